The van der Waals surface area contributed by atoms with Gasteiger partial charge in [0.2, 0.25) is 0 Å². The normalized spacial score (nSPS) is 10.4. The van der Waals surface area contributed by atoms with Gasteiger partial charge in [0.1, 0.15) is 10.8 Å². The number of methoxy groups -OCH3 is 1. The number of halogens is 2. The Morgan fingerprint density at radius 3 is 2.21 bits per heavy atom. The summed E-state index contributed by atoms with van der Waals surface area (Å²) in [7, 11) is 1.64. The van der Waals surface area contributed by atoms with E-state index in [0.29, 0.717) is 18.0 Å². The molecule has 0 saturated carbocycles. The van der Waals surface area contributed by atoms with Crippen LogP contribution in [0, 0.1) is 6.07 Å². The predicted molar refractivity (Wildman–Crippen MR) is 110 cm³/mol. The Kier molecular flexibility index (Phi) is 8.64. The molecule has 0 amide bonds. The van der Waals surface area contributed by atoms with E-state index in [-0.39, 0.29) is 27.4 Å². The molecule has 149 valence electrons. The van der Waals surface area contributed by atoms with Gasteiger partial charge in [-0.1, -0.05) is 35.3 Å². The standard InChI is InChI=1S/C22H20Cl2NO2.Co/c1-27-18-10-7-17(8-11-18)9-12-21-19(23)15-20(24)22(26)25(21)14-13-16-5-3-2-4-6-16;/h3-8,10-11,15H,9,12-14H2,1H3;/q-1;. The van der Waals surface area contributed by atoms with Crippen molar-refractivity contribution in [3.63, 3.8) is 0 Å². The fourth-order valence-corrected chi connectivity index (χ4v) is 3.58. The molecule has 0 atom stereocenters. The Bertz CT molecular complexity index is 957. The van der Waals surface area contributed by atoms with Crippen LogP contribution in [0.4, 0.5) is 0 Å². The molecule has 0 aliphatic carbocycles. The van der Waals surface area contributed by atoms with Crippen molar-refractivity contribution in [2.75, 3.05) is 7.11 Å². The molecule has 1 aromatic heterocycles. The van der Waals surface area contributed by atoms with Crippen LogP contribution in [0.25, 0.3) is 0 Å². The van der Waals surface area contributed by atoms with Crippen molar-refractivity contribution in [3.05, 3.63) is 97.9 Å². The van der Waals surface area contributed by atoms with E-state index in [1.165, 1.54) is 0 Å². The van der Waals surface area contributed by atoms with E-state index in [9.17, 15) is 4.79 Å². The number of benzene rings is 2. The molecule has 6 heteroatoms. The third kappa shape index (κ3) is 5.64. The van der Waals surface area contributed by atoms with Crippen molar-refractivity contribution >= 4 is 23.2 Å². The summed E-state index contributed by atoms with van der Waals surface area (Å²) in [5.74, 6) is 0.820. The summed E-state index contributed by atoms with van der Waals surface area (Å²) >= 11 is 12.5. The van der Waals surface area contributed by atoms with Crippen molar-refractivity contribution in [2.45, 2.75) is 25.8 Å². The van der Waals surface area contributed by atoms with Crippen LogP contribution in [0.1, 0.15) is 16.8 Å². The molecule has 3 nitrogen and oxygen atoms in total. The van der Waals surface area contributed by atoms with Gasteiger partial charge in [-0.05, 0) is 43.0 Å². The van der Waals surface area contributed by atoms with Crippen molar-refractivity contribution in [1.82, 2.24) is 4.57 Å². The maximum atomic E-state index is 12.6. The minimum Gasteiger partial charge on any atom is -0.497 e. The zero-order valence-corrected chi connectivity index (χ0v) is 17.9. The second kappa shape index (κ2) is 10.7. The number of aromatic nitrogens is 1. The molecule has 0 spiro atoms. The molecule has 1 heterocycles. The van der Waals surface area contributed by atoms with E-state index in [0.717, 1.165) is 35.4 Å². The van der Waals surface area contributed by atoms with E-state index in [1.807, 2.05) is 48.5 Å². The number of ether oxygens (including phenoxy) is 1. The van der Waals surface area contributed by atoms with Crippen LogP contribution in [0.2, 0.25) is 10.0 Å². The topological polar surface area (TPSA) is 31.2 Å². The maximum Gasteiger partial charge on any atom is 0.269 e. The molecule has 0 bridgehead atoms. The average Bonchev–Trinajstić information content (AvgIpc) is 2.70. The minimum atomic E-state index is -0.201. The molecule has 0 saturated heterocycles. The molecular formula is C22H20Cl2CoNO2-. The van der Waals surface area contributed by atoms with E-state index < -0.39 is 0 Å². The number of aryl methyl sites for hydroxylation is 2. The van der Waals surface area contributed by atoms with Crippen LogP contribution in [-0.2, 0) is 42.6 Å². The zero-order chi connectivity index (χ0) is 19.2. The van der Waals surface area contributed by atoms with Crippen molar-refractivity contribution in [2.24, 2.45) is 0 Å². The number of rotatable bonds is 7. The first-order valence-corrected chi connectivity index (χ1v) is 9.49. The number of nitrogens with zero attached hydrogens (tertiary/aromatic N) is 1. The molecule has 28 heavy (non-hydrogen) atoms. The smallest absolute Gasteiger partial charge is 0.269 e. The second-order valence-corrected chi connectivity index (χ2v) is 7.06. The number of hydrogen-bond donors (Lipinski definition) is 0. The fraction of sp³-hybridized carbons (Fsp3) is 0.227. The van der Waals surface area contributed by atoms with E-state index >= 15 is 0 Å². The van der Waals surface area contributed by atoms with E-state index in [2.05, 4.69) is 6.07 Å². The van der Waals surface area contributed by atoms with Crippen LogP contribution in [0.5, 0.6) is 5.75 Å². The van der Waals surface area contributed by atoms with Crippen LogP contribution >= 0.6 is 23.2 Å². The molecule has 0 aliphatic heterocycles. The summed E-state index contributed by atoms with van der Waals surface area (Å²) < 4.78 is 6.89. The molecule has 0 unspecified atom stereocenters. The Labute approximate surface area is 185 Å². The Hall–Kier alpha value is -1.72. The Morgan fingerprint density at radius 1 is 0.929 bits per heavy atom. The van der Waals surface area contributed by atoms with Crippen LogP contribution < -0.4 is 10.3 Å². The molecule has 3 rings (SSSR count). The average molecular weight is 460 g/mol. The molecule has 3 aromatic rings. The van der Waals surface area contributed by atoms with Crippen molar-refractivity contribution in [3.8, 4) is 5.75 Å². The van der Waals surface area contributed by atoms with Crippen molar-refractivity contribution in [1.29, 1.82) is 0 Å². The first kappa shape index (κ1) is 22.6. The minimum absolute atomic E-state index is 0. The first-order valence-electron chi connectivity index (χ1n) is 8.74. The molecule has 1 radical (unpaired) electrons. The third-order valence-electron chi connectivity index (χ3n) is 4.53. The maximum absolute atomic E-state index is 12.6. The van der Waals surface area contributed by atoms with Gasteiger partial charge in [0.15, 0.2) is 0 Å². The largest absolute Gasteiger partial charge is 0.497 e. The van der Waals surface area contributed by atoms with Gasteiger partial charge in [-0.2, -0.15) is 35.9 Å². The summed E-state index contributed by atoms with van der Waals surface area (Å²) in [4.78, 5) is 12.6. The Balaban J connectivity index is 0.00000280. The predicted octanol–water partition coefficient (Wildman–Crippen LogP) is 4.99. The third-order valence-corrected chi connectivity index (χ3v) is 5.12. The summed E-state index contributed by atoms with van der Waals surface area (Å²) in [6.45, 7) is 0.529. The van der Waals surface area contributed by atoms with E-state index in [4.69, 9.17) is 27.9 Å². The number of hydrogen-bond acceptors (Lipinski definition) is 2. The number of pyridine rings is 1. The fourth-order valence-electron chi connectivity index (χ4n) is 3.01. The van der Waals surface area contributed by atoms with E-state index in [1.54, 1.807) is 17.7 Å². The summed E-state index contributed by atoms with van der Waals surface area (Å²) in [5, 5.41) is 0.670. The van der Waals surface area contributed by atoms with Gasteiger partial charge < -0.3 is 9.30 Å². The monoisotopic (exact) mass is 459 g/mol. The first-order chi connectivity index (χ1) is 13.1. The molecule has 2 aromatic carbocycles. The summed E-state index contributed by atoms with van der Waals surface area (Å²) in [5.41, 5.74) is 2.90. The van der Waals surface area contributed by atoms with Gasteiger partial charge in [0.25, 0.3) is 5.56 Å². The van der Waals surface area contributed by atoms with Gasteiger partial charge in [-0.15, -0.1) is 0 Å². The van der Waals surface area contributed by atoms with Gasteiger partial charge in [-0.3, -0.25) is 4.79 Å². The van der Waals surface area contributed by atoms with Gasteiger partial charge >= 0.3 is 0 Å². The molecule has 0 aliphatic rings. The quantitative estimate of drug-likeness (QED) is 0.466. The van der Waals surface area contributed by atoms with Gasteiger partial charge in [0, 0.05) is 29.0 Å². The van der Waals surface area contributed by atoms with Crippen LogP contribution in [0.3, 0.4) is 0 Å². The molecule has 0 fully saturated rings. The van der Waals surface area contributed by atoms with Gasteiger partial charge in [0.05, 0.1) is 12.1 Å². The summed E-state index contributed by atoms with van der Waals surface area (Å²) in [6, 6.07) is 20.2. The van der Waals surface area contributed by atoms with Gasteiger partial charge in [-0.25, -0.2) is 0 Å². The molecular weight excluding hydrogens is 440 g/mol. The zero-order valence-electron chi connectivity index (χ0n) is 15.4. The van der Waals surface area contributed by atoms with Crippen LogP contribution in [0.15, 0.2) is 59.4 Å². The molecule has 0 N–H and O–H groups in total. The van der Waals surface area contributed by atoms with Crippen molar-refractivity contribution < 1.29 is 21.5 Å². The van der Waals surface area contributed by atoms with Crippen LogP contribution in [-0.4, -0.2) is 11.7 Å². The Morgan fingerprint density at radius 2 is 1.57 bits per heavy atom. The second-order valence-electron chi connectivity index (χ2n) is 6.25. The summed E-state index contributed by atoms with van der Waals surface area (Å²) in [6.07, 6.45) is 2.14. The SMILES string of the molecule is COc1ccc(CCc2c(Cl)cc(Cl)c(=O)n2CCc2cc[c-]cc2)cc1.[Co].